The summed E-state index contributed by atoms with van der Waals surface area (Å²) in [6, 6.07) is 2.46. The smallest absolute Gasteiger partial charge is 0.138 e. The van der Waals surface area contributed by atoms with E-state index in [1.807, 2.05) is 7.05 Å². The van der Waals surface area contributed by atoms with Gasteiger partial charge in [0.25, 0.3) is 0 Å². The third-order valence-electron chi connectivity index (χ3n) is 3.10. The molecular weight excluding hydrogens is 176 g/mol. The van der Waals surface area contributed by atoms with E-state index in [0.29, 0.717) is 0 Å². The molecule has 14 heavy (non-hydrogen) atoms. The second-order valence-corrected chi connectivity index (χ2v) is 4.08. The van der Waals surface area contributed by atoms with Crippen LogP contribution in [-0.2, 0) is 13.5 Å². The molecule has 0 amide bonds. The van der Waals surface area contributed by atoms with E-state index in [9.17, 15) is 5.26 Å². The Bertz CT molecular complexity index is 354. The molecule has 0 saturated heterocycles. The maximum atomic E-state index is 9.20. The van der Waals surface area contributed by atoms with Crippen LogP contribution in [0.4, 0.5) is 0 Å². The molecular formula is C10H14N4. The summed E-state index contributed by atoms with van der Waals surface area (Å²) in [5, 5.41) is 13.2. The minimum atomic E-state index is -0.166. The van der Waals surface area contributed by atoms with Crippen LogP contribution in [0.1, 0.15) is 31.5 Å². The van der Waals surface area contributed by atoms with Gasteiger partial charge >= 0.3 is 0 Å². The van der Waals surface area contributed by atoms with Crippen molar-refractivity contribution in [3.8, 4) is 6.07 Å². The molecule has 1 aromatic heterocycles. The summed E-state index contributed by atoms with van der Waals surface area (Å²) >= 11 is 0. The number of hydrogen-bond acceptors (Lipinski definition) is 3. The molecule has 0 spiro atoms. The van der Waals surface area contributed by atoms with Crippen molar-refractivity contribution in [1.29, 1.82) is 5.26 Å². The van der Waals surface area contributed by atoms with Gasteiger partial charge in [-0.2, -0.15) is 10.4 Å². The lowest BCUT2D eigenvalue weighted by Crippen LogP contribution is -2.19. The first-order chi connectivity index (χ1) is 6.76. The topological polar surface area (TPSA) is 54.5 Å². The van der Waals surface area contributed by atoms with E-state index in [-0.39, 0.29) is 5.41 Å². The van der Waals surface area contributed by atoms with Crippen LogP contribution in [0.5, 0.6) is 0 Å². The van der Waals surface area contributed by atoms with Gasteiger partial charge in [-0.25, -0.2) is 4.98 Å². The number of aromatic nitrogens is 3. The zero-order valence-corrected chi connectivity index (χ0v) is 8.40. The van der Waals surface area contributed by atoms with Crippen LogP contribution < -0.4 is 0 Å². The first-order valence-corrected chi connectivity index (χ1v) is 5.00. The zero-order valence-electron chi connectivity index (χ0n) is 8.40. The van der Waals surface area contributed by atoms with Crippen molar-refractivity contribution in [1.82, 2.24) is 14.8 Å². The predicted molar refractivity (Wildman–Crippen MR) is 51.2 cm³/mol. The molecule has 74 valence electrons. The summed E-state index contributed by atoms with van der Waals surface area (Å²) in [7, 11) is 1.88. The van der Waals surface area contributed by atoms with Crippen LogP contribution in [0.25, 0.3) is 0 Å². The zero-order chi connectivity index (χ0) is 10.0. The van der Waals surface area contributed by atoms with Crippen molar-refractivity contribution >= 4 is 0 Å². The minimum absolute atomic E-state index is 0.166. The quantitative estimate of drug-likeness (QED) is 0.709. The summed E-state index contributed by atoms with van der Waals surface area (Å²) in [4.78, 5) is 4.17. The Balaban J connectivity index is 2.17. The fraction of sp³-hybridized carbons (Fsp3) is 0.700. The number of nitrogens with zero attached hydrogens (tertiary/aromatic N) is 4. The molecule has 4 nitrogen and oxygen atoms in total. The third kappa shape index (κ3) is 1.50. The van der Waals surface area contributed by atoms with Gasteiger partial charge in [-0.15, -0.1) is 0 Å². The maximum absolute atomic E-state index is 9.20. The fourth-order valence-corrected chi connectivity index (χ4v) is 2.16. The van der Waals surface area contributed by atoms with Crippen molar-refractivity contribution in [2.24, 2.45) is 12.5 Å². The van der Waals surface area contributed by atoms with E-state index < -0.39 is 0 Å². The Kier molecular flexibility index (Phi) is 2.24. The SMILES string of the molecule is Cn1ncnc1CC1(C#N)CCCC1. The molecule has 1 aliphatic carbocycles. The average molecular weight is 190 g/mol. The summed E-state index contributed by atoms with van der Waals surface area (Å²) in [6.45, 7) is 0. The highest BCUT2D eigenvalue weighted by Gasteiger charge is 2.35. The highest BCUT2D eigenvalue weighted by Crippen LogP contribution is 2.39. The van der Waals surface area contributed by atoms with Gasteiger partial charge in [-0.1, -0.05) is 12.8 Å². The average Bonchev–Trinajstić information content (AvgIpc) is 2.79. The van der Waals surface area contributed by atoms with Gasteiger partial charge in [-0.3, -0.25) is 4.68 Å². The molecule has 2 rings (SSSR count). The van der Waals surface area contributed by atoms with Crippen molar-refractivity contribution in [2.75, 3.05) is 0 Å². The van der Waals surface area contributed by atoms with Gasteiger partial charge in [0.1, 0.15) is 12.2 Å². The van der Waals surface area contributed by atoms with Crippen molar-refractivity contribution in [2.45, 2.75) is 32.1 Å². The van der Waals surface area contributed by atoms with Gasteiger partial charge < -0.3 is 0 Å². The van der Waals surface area contributed by atoms with E-state index >= 15 is 0 Å². The molecule has 1 aliphatic rings. The van der Waals surface area contributed by atoms with E-state index in [2.05, 4.69) is 16.2 Å². The second-order valence-electron chi connectivity index (χ2n) is 4.08. The largest absolute Gasteiger partial charge is 0.253 e. The summed E-state index contributed by atoms with van der Waals surface area (Å²) in [6.07, 6.45) is 6.67. The second kappa shape index (κ2) is 3.41. The normalized spacial score (nSPS) is 19.4. The van der Waals surface area contributed by atoms with Gasteiger partial charge in [0.2, 0.25) is 0 Å². The number of aryl methyl sites for hydroxylation is 1. The Morgan fingerprint density at radius 1 is 1.57 bits per heavy atom. The molecule has 4 heteroatoms. The van der Waals surface area contributed by atoms with Gasteiger partial charge in [-0.05, 0) is 12.8 Å². The molecule has 0 unspecified atom stereocenters. The number of rotatable bonds is 2. The number of nitriles is 1. The van der Waals surface area contributed by atoms with Crippen molar-refractivity contribution in [3.05, 3.63) is 12.2 Å². The first-order valence-electron chi connectivity index (χ1n) is 5.00. The van der Waals surface area contributed by atoms with E-state index in [1.165, 1.54) is 12.8 Å². The van der Waals surface area contributed by atoms with Crippen LogP contribution >= 0.6 is 0 Å². The van der Waals surface area contributed by atoms with Gasteiger partial charge in [0, 0.05) is 13.5 Å². The van der Waals surface area contributed by atoms with Crippen molar-refractivity contribution < 1.29 is 0 Å². The van der Waals surface area contributed by atoms with Crippen molar-refractivity contribution in [3.63, 3.8) is 0 Å². The highest BCUT2D eigenvalue weighted by molar-refractivity contribution is 5.07. The lowest BCUT2D eigenvalue weighted by Gasteiger charge is -2.18. The first kappa shape index (κ1) is 9.20. The maximum Gasteiger partial charge on any atom is 0.138 e. The number of hydrogen-bond donors (Lipinski definition) is 0. The van der Waals surface area contributed by atoms with E-state index in [4.69, 9.17) is 0 Å². The summed E-state index contributed by atoms with van der Waals surface area (Å²) in [5.74, 6) is 0.924. The summed E-state index contributed by atoms with van der Waals surface area (Å²) in [5.41, 5.74) is -0.166. The van der Waals surface area contributed by atoms with Crippen LogP contribution in [0.2, 0.25) is 0 Å². The van der Waals surface area contributed by atoms with Crippen LogP contribution in [0.3, 0.4) is 0 Å². The van der Waals surface area contributed by atoms with Gasteiger partial charge in [0.15, 0.2) is 0 Å². The standard InChI is InChI=1S/C10H14N4/c1-14-9(12-8-13-14)6-10(7-11)4-2-3-5-10/h8H,2-6H2,1H3. The molecule has 0 bridgehead atoms. The van der Waals surface area contributed by atoms with Crippen LogP contribution in [0, 0.1) is 16.7 Å². The highest BCUT2D eigenvalue weighted by atomic mass is 15.3. The summed E-state index contributed by atoms with van der Waals surface area (Å²) < 4.78 is 1.76. The Labute approximate surface area is 83.6 Å². The molecule has 0 N–H and O–H groups in total. The van der Waals surface area contributed by atoms with E-state index in [1.54, 1.807) is 11.0 Å². The molecule has 1 heterocycles. The minimum Gasteiger partial charge on any atom is -0.253 e. The third-order valence-corrected chi connectivity index (χ3v) is 3.10. The molecule has 0 aromatic carbocycles. The monoisotopic (exact) mass is 190 g/mol. The molecule has 0 atom stereocenters. The Hall–Kier alpha value is -1.37. The molecule has 1 saturated carbocycles. The Morgan fingerprint density at radius 3 is 2.79 bits per heavy atom. The van der Waals surface area contributed by atoms with Gasteiger partial charge in [0.05, 0.1) is 11.5 Å². The molecule has 0 aliphatic heterocycles. The fourth-order valence-electron chi connectivity index (χ4n) is 2.16. The molecule has 0 radical (unpaired) electrons. The van der Waals surface area contributed by atoms with Crippen LogP contribution in [-0.4, -0.2) is 14.8 Å². The van der Waals surface area contributed by atoms with Crippen LogP contribution in [0.15, 0.2) is 6.33 Å². The Morgan fingerprint density at radius 2 is 2.29 bits per heavy atom. The van der Waals surface area contributed by atoms with E-state index in [0.717, 1.165) is 25.1 Å². The predicted octanol–water partition coefficient (Wildman–Crippen LogP) is 1.44. The lowest BCUT2D eigenvalue weighted by molar-refractivity contribution is 0.390. The molecule has 1 fully saturated rings. The molecule has 1 aromatic rings. The lowest BCUT2D eigenvalue weighted by atomic mass is 9.84.